The molecule has 0 saturated carbocycles. The first-order valence-corrected chi connectivity index (χ1v) is 11.3. The number of pyridine rings is 1. The molecule has 5 rings (SSSR count). The summed E-state index contributed by atoms with van der Waals surface area (Å²) >= 11 is 0. The van der Waals surface area contributed by atoms with Crippen LogP contribution in [0.4, 0.5) is 5.82 Å². The fourth-order valence-corrected chi connectivity index (χ4v) is 5.39. The molecule has 3 aromatic rings. The van der Waals surface area contributed by atoms with Gasteiger partial charge in [0.2, 0.25) is 0 Å². The average molecular weight is 405 g/mol. The van der Waals surface area contributed by atoms with E-state index < -0.39 is 0 Å². The summed E-state index contributed by atoms with van der Waals surface area (Å²) in [4.78, 5) is 9.54. The molecule has 1 aromatic carbocycles. The highest BCUT2D eigenvalue weighted by Crippen LogP contribution is 2.37. The van der Waals surface area contributed by atoms with Crippen molar-refractivity contribution >= 4 is 16.7 Å². The Balaban J connectivity index is 1.30. The Morgan fingerprint density at radius 2 is 1.93 bits per heavy atom. The van der Waals surface area contributed by atoms with Gasteiger partial charge in [0.25, 0.3) is 0 Å². The van der Waals surface area contributed by atoms with Gasteiger partial charge in [-0.1, -0.05) is 18.2 Å². The van der Waals surface area contributed by atoms with E-state index in [1.54, 1.807) is 0 Å². The quantitative estimate of drug-likeness (QED) is 0.707. The average Bonchev–Trinajstić information content (AvgIpc) is 3.06. The van der Waals surface area contributed by atoms with Crippen LogP contribution in [-0.4, -0.2) is 58.9 Å². The van der Waals surface area contributed by atoms with Gasteiger partial charge in [0.15, 0.2) is 0 Å². The predicted octanol–water partition coefficient (Wildman–Crippen LogP) is 3.50. The van der Waals surface area contributed by atoms with Gasteiger partial charge in [-0.05, 0) is 61.9 Å². The van der Waals surface area contributed by atoms with E-state index in [9.17, 15) is 5.11 Å². The van der Waals surface area contributed by atoms with Crippen LogP contribution in [0, 0.1) is 13.8 Å². The smallest absolute Gasteiger partial charge is 0.128 e. The third kappa shape index (κ3) is 3.40. The third-order valence-electron chi connectivity index (χ3n) is 7.08. The molecule has 0 aliphatic carbocycles. The Labute approximate surface area is 178 Å². The minimum Gasteiger partial charge on any atom is -0.394 e. The Bertz CT molecular complexity index is 1050. The first-order valence-electron chi connectivity index (χ1n) is 11.3. The van der Waals surface area contributed by atoms with E-state index in [0.29, 0.717) is 0 Å². The van der Waals surface area contributed by atoms with E-state index in [-0.39, 0.29) is 12.6 Å². The molecule has 0 amide bonds. The molecular formula is C25H32N4O. The van der Waals surface area contributed by atoms with E-state index >= 15 is 0 Å². The third-order valence-corrected chi connectivity index (χ3v) is 7.08. The molecule has 1 unspecified atom stereocenters. The summed E-state index contributed by atoms with van der Waals surface area (Å²) in [6.45, 7) is 9.92. The molecular weight excluding hydrogens is 372 g/mol. The van der Waals surface area contributed by atoms with E-state index in [1.807, 2.05) is 6.20 Å². The van der Waals surface area contributed by atoms with Crippen molar-refractivity contribution < 1.29 is 5.11 Å². The highest BCUT2D eigenvalue weighted by atomic mass is 16.3. The van der Waals surface area contributed by atoms with Crippen LogP contribution in [0.25, 0.3) is 10.9 Å². The predicted molar refractivity (Wildman–Crippen MR) is 122 cm³/mol. The first-order chi connectivity index (χ1) is 14.7. The number of aliphatic hydroxyl groups excluding tert-OH is 1. The van der Waals surface area contributed by atoms with Gasteiger partial charge in [0, 0.05) is 50.0 Å². The van der Waals surface area contributed by atoms with Gasteiger partial charge in [-0.25, -0.2) is 4.98 Å². The summed E-state index contributed by atoms with van der Waals surface area (Å²) in [5.41, 5.74) is 6.89. The van der Waals surface area contributed by atoms with Crippen LogP contribution < -0.4 is 4.90 Å². The highest BCUT2D eigenvalue weighted by molar-refractivity contribution is 5.89. The fourth-order valence-electron chi connectivity index (χ4n) is 5.39. The number of benzene rings is 1. The summed E-state index contributed by atoms with van der Waals surface area (Å²) in [5, 5.41) is 11.3. The SMILES string of the molecule is Cc1ccnc(N2CCN(CCc3c(C)n4c5c(cccc35)CCC4CO)CC2)c1. The maximum Gasteiger partial charge on any atom is 0.128 e. The Morgan fingerprint density at radius 3 is 2.70 bits per heavy atom. The molecule has 0 spiro atoms. The van der Waals surface area contributed by atoms with Crippen molar-refractivity contribution in [1.82, 2.24) is 14.5 Å². The molecule has 2 aliphatic heterocycles. The number of hydrogen-bond acceptors (Lipinski definition) is 4. The molecule has 0 bridgehead atoms. The summed E-state index contributed by atoms with van der Waals surface area (Å²) in [7, 11) is 0. The minimum absolute atomic E-state index is 0.224. The van der Waals surface area contributed by atoms with Gasteiger partial charge in [-0.15, -0.1) is 0 Å². The lowest BCUT2D eigenvalue weighted by molar-refractivity contribution is 0.219. The van der Waals surface area contributed by atoms with Crippen LogP contribution in [0.5, 0.6) is 0 Å². The van der Waals surface area contributed by atoms with Crippen molar-refractivity contribution in [1.29, 1.82) is 0 Å². The first kappa shape index (κ1) is 19.6. The molecule has 1 saturated heterocycles. The number of aromatic nitrogens is 2. The topological polar surface area (TPSA) is 44.5 Å². The Hall–Kier alpha value is -2.37. The molecule has 5 heteroatoms. The van der Waals surface area contributed by atoms with Crippen molar-refractivity contribution in [2.45, 2.75) is 39.2 Å². The van der Waals surface area contributed by atoms with E-state index in [4.69, 9.17) is 0 Å². The number of rotatable bonds is 5. The van der Waals surface area contributed by atoms with E-state index in [2.05, 4.69) is 63.5 Å². The maximum atomic E-state index is 9.93. The van der Waals surface area contributed by atoms with Gasteiger partial charge < -0.3 is 14.6 Å². The Morgan fingerprint density at radius 1 is 1.10 bits per heavy atom. The number of aliphatic hydroxyl groups is 1. The number of aryl methyl sites for hydroxylation is 2. The largest absolute Gasteiger partial charge is 0.394 e. The standard InChI is InChI=1S/C25H32N4O/c1-18-8-10-26-24(16-18)28-14-12-27(13-15-28)11-9-22-19(2)29-21(17-30)7-6-20-4-3-5-23(22)25(20)29/h3-5,8,10,16,21,30H,6-7,9,11-15,17H2,1-2H3. The van der Waals surface area contributed by atoms with Gasteiger partial charge in [0.05, 0.1) is 18.2 Å². The molecule has 1 fully saturated rings. The maximum absolute atomic E-state index is 9.93. The zero-order valence-corrected chi connectivity index (χ0v) is 18.1. The molecule has 2 aliphatic rings. The number of piperazine rings is 1. The lowest BCUT2D eigenvalue weighted by Gasteiger charge is -2.35. The summed E-state index contributed by atoms with van der Waals surface area (Å²) < 4.78 is 2.42. The fraction of sp³-hybridized carbons (Fsp3) is 0.480. The molecule has 30 heavy (non-hydrogen) atoms. The highest BCUT2D eigenvalue weighted by Gasteiger charge is 2.26. The van der Waals surface area contributed by atoms with Crippen LogP contribution in [-0.2, 0) is 12.8 Å². The van der Waals surface area contributed by atoms with Crippen molar-refractivity contribution in [3.05, 3.63) is 58.9 Å². The summed E-state index contributed by atoms with van der Waals surface area (Å²) in [6, 6.07) is 11.2. The van der Waals surface area contributed by atoms with Gasteiger partial charge in [-0.2, -0.15) is 0 Å². The lowest BCUT2D eigenvalue weighted by Crippen LogP contribution is -2.47. The van der Waals surface area contributed by atoms with E-state index in [1.165, 1.54) is 33.3 Å². The normalized spacial score (nSPS) is 19.6. The van der Waals surface area contributed by atoms with Gasteiger partial charge >= 0.3 is 0 Å². The second-order valence-electron chi connectivity index (χ2n) is 8.89. The minimum atomic E-state index is 0.224. The van der Waals surface area contributed by atoms with Gasteiger partial charge in [-0.3, -0.25) is 4.90 Å². The summed E-state index contributed by atoms with van der Waals surface area (Å²) in [5.74, 6) is 1.11. The van der Waals surface area contributed by atoms with Crippen LogP contribution >= 0.6 is 0 Å². The van der Waals surface area contributed by atoms with Crippen molar-refractivity contribution in [2.75, 3.05) is 44.2 Å². The zero-order chi connectivity index (χ0) is 20.7. The van der Waals surface area contributed by atoms with Crippen LogP contribution in [0.2, 0.25) is 0 Å². The second-order valence-corrected chi connectivity index (χ2v) is 8.89. The number of hydrogen-bond donors (Lipinski definition) is 1. The number of para-hydroxylation sites is 1. The van der Waals surface area contributed by atoms with Crippen molar-refractivity contribution in [3.8, 4) is 0 Å². The zero-order valence-electron chi connectivity index (χ0n) is 18.1. The molecule has 4 heterocycles. The molecule has 5 nitrogen and oxygen atoms in total. The molecule has 1 atom stereocenters. The van der Waals surface area contributed by atoms with Crippen molar-refractivity contribution in [2.24, 2.45) is 0 Å². The lowest BCUT2D eigenvalue weighted by atomic mass is 9.98. The second kappa shape index (κ2) is 8.05. The summed E-state index contributed by atoms with van der Waals surface area (Å²) in [6.07, 6.45) is 5.09. The molecule has 1 N–H and O–H groups in total. The monoisotopic (exact) mass is 404 g/mol. The molecule has 2 aromatic heterocycles. The van der Waals surface area contributed by atoms with Gasteiger partial charge in [0.1, 0.15) is 5.82 Å². The number of nitrogens with zero attached hydrogens (tertiary/aromatic N) is 4. The van der Waals surface area contributed by atoms with Crippen LogP contribution in [0.1, 0.15) is 34.8 Å². The van der Waals surface area contributed by atoms with Crippen molar-refractivity contribution in [3.63, 3.8) is 0 Å². The van der Waals surface area contributed by atoms with Crippen LogP contribution in [0.15, 0.2) is 36.5 Å². The van der Waals surface area contributed by atoms with E-state index in [0.717, 1.165) is 57.8 Å². The molecule has 158 valence electrons. The Kier molecular flexibility index (Phi) is 5.25. The van der Waals surface area contributed by atoms with Crippen LogP contribution in [0.3, 0.4) is 0 Å². The molecule has 0 radical (unpaired) electrons. The number of anilines is 1.